The van der Waals surface area contributed by atoms with Crippen LogP contribution in [0, 0.1) is 0 Å². The number of hydroxylamine groups is 1. The van der Waals surface area contributed by atoms with E-state index in [1.165, 1.54) is 0 Å². The van der Waals surface area contributed by atoms with Gasteiger partial charge in [0, 0.05) is 16.7 Å². The Morgan fingerprint density at radius 1 is 1.54 bits per heavy atom. The lowest BCUT2D eigenvalue weighted by atomic mass is 10.3. The van der Waals surface area contributed by atoms with Crippen molar-refractivity contribution in [2.75, 3.05) is 24.5 Å². The van der Waals surface area contributed by atoms with Crippen molar-refractivity contribution < 1.29 is 4.84 Å². The zero-order valence-corrected chi connectivity index (χ0v) is 9.34. The van der Waals surface area contributed by atoms with Gasteiger partial charge in [0.25, 0.3) is 0 Å². The molecule has 1 aromatic rings. The molecule has 0 radical (unpaired) electrons. The van der Waals surface area contributed by atoms with Crippen molar-refractivity contribution in [1.82, 2.24) is 0 Å². The molecular formula is C9H13BrN2O. The van der Waals surface area contributed by atoms with Gasteiger partial charge >= 0.3 is 0 Å². The second-order valence-corrected chi connectivity index (χ2v) is 3.44. The first-order valence-corrected chi connectivity index (χ1v) is 4.85. The molecule has 0 fully saturated rings. The fourth-order valence-corrected chi connectivity index (χ4v) is 1.72. The Balaban J connectivity index is 2.99. The van der Waals surface area contributed by atoms with Gasteiger partial charge in [-0.2, -0.15) is 0 Å². The molecule has 4 heteroatoms. The number of halogens is 1. The Hall–Kier alpha value is -0.740. The Kier molecular flexibility index (Phi) is 3.57. The zero-order chi connectivity index (χ0) is 9.84. The van der Waals surface area contributed by atoms with Gasteiger partial charge in [0.05, 0.1) is 12.8 Å². The van der Waals surface area contributed by atoms with Crippen LogP contribution in [0.4, 0.5) is 11.4 Å². The van der Waals surface area contributed by atoms with Crippen molar-refractivity contribution in [2.45, 2.75) is 6.92 Å². The molecule has 1 rings (SSSR count). The van der Waals surface area contributed by atoms with Crippen molar-refractivity contribution in [3.05, 3.63) is 22.7 Å². The van der Waals surface area contributed by atoms with Crippen LogP contribution in [-0.4, -0.2) is 13.7 Å². The Morgan fingerprint density at radius 2 is 2.23 bits per heavy atom. The first kappa shape index (κ1) is 10.3. The molecule has 0 unspecified atom stereocenters. The molecule has 2 N–H and O–H groups in total. The molecular weight excluding hydrogens is 232 g/mol. The summed E-state index contributed by atoms with van der Waals surface area (Å²) in [5.74, 6) is 0. The average Bonchev–Trinajstić information content (AvgIpc) is 2.10. The van der Waals surface area contributed by atoms with Crippen molar-refractivity contribution >= 4 is 27.3 Å². The van der Waals surface area contributed by atoms with E-state index >= 15 is 0 Å². The monoisotopic (exact) mass is 244 g/mol. The highest BCUT2D eigenvalue weighted by molar-refractivity contribution is 9.10. The number of hydrogen-bond donors (Lipinski definition) is 1. The van der Waals surface area contributed by atoms with Crippen LogP contribution < -0.4 is 10.8 Å². The van der Waals surface area contributed by atoms with Crippen LogP contribution in [0.25, 0.3) is 0 Å². The van der Waals surface area contributed by atoms with E-state index < -0.39 is 0 Å². The summed E-state index contributed by atoms with van der Waals surface area (Å²) in [7, 11) is 1.65. The summed E-state index contributed by atoms with van der Waals surface area (Å²) in [6, 6.07) is 5.63. The van der Waals surface area contributed by atoms with Gasteiger partial charge in [-0.15, -0.1) is 0 Å². The minimum atomic E-state index is 0.739. The fourth-order valence-electron chi connectivity index (χ4n) is 1.12. The van der Waals surface area contributed by atoms with Gasteiger partial charge in [-0.1, -0.05) is 0 Å². The predicted octanol–water partition coefficient (Wildman–Crippen LogP) is 2.42. The summed E-state index contributed by atoms with van der Waals surface area (Å²) >= 11 is 3.43. The third-order valence-electron chi connectivity index (χ3n) is 1.75. The third kappa shape index (κ3) is 2.35. The molecule has 0 aliphatic rings. The molecule has 0 atom stereocenters. The highest BCUT2D eigenvalue weighted by atomic mass is 79.9. The lowest BCUT2D eigenvalue weighted by Gasteiger charge is -2.21. The summed E-state index contributed by atoms with van der Waals surface area (Å²) in [5.41, 5.74) is 7.35. The van der Waals surface area contributed by atoms with E-state index in [1.807, 2.05) is 25.1 Å². The van der Waals surface area contributed by atoms with Gasteiger partial charge in [0.2, 0.25) is 0 Å². The van der Waals surface area contributed by atoms with Gasteiger partial charge < -0.3 is 5.73 Å². The largest absolute Gasteiger partial charge is 0.399 e. The summed E-state index contributed by atoms with van der Waals surface area (Å²) in [6.07, 6.45) is 0. The van der Waals surface area contributed by atoms with Gasteiger partial charge in [-0.05, 0) is 41.1 Å². The molecule has 0 aliphatic carbocycles. The number of nitrogens with two attached hydrogens (primary N) is 1. The third-order valence-corrected chi connectivity index (χ3v) is 2.38. The highest BCUT2D eigenvalue weighted by Crippen LogP contribution is 2.27. The molecule has 0 aliphatic heterocycles. The second-order valence-electron chi connectivity index (χ2n) is 2.59. The summed E-state index contributed by atoms with van der Waals surface area (Å²) in [5, 5.41) is 1.78. The maximum absolute atomic E-state index is 5.62. The average molecular weight is 245 g/mol. The van der Waals surface area contributed by atoms with E-state index in [0.717, 1.165) is 22.4 Å². The van der Waals surface area contributed by atoms with Crippen LogP contribution in [0.15, 0.2) is 22.7 Å². The van der Waals surface area contributed by atoms with Crippen LogP contribution in [0.1, 0.15) is 6.92 Å². The molecule has 0 spiro atoms. The molecule has 0 bridgehead atoms. The predicted molar refractivity (Wildman–Crippen MR) is 58.6 cm³/mol. The maximum Gasteiger partial charge on any atom is 0.0779 e. The fraction of sp³-hybridized carbons (Fsp3) is 0.333. The number of nitrogens with zero attached hydrogens (tertiary/aromatic N) is 1. The normalized spacial score (nSPS) is 10.1. The van der Waals surface area contributed by atoms with E-state index in [0.29, 0.717) is 0 Å². The molecule has 0 saturated carbocycles. The number of rotatable bonds is 3. The van der Waals surface area contributed by atoms with Crippen molar-refractivity contribution in [3.8, 4) is 0 Å². The first-order valence-electron chi connectivity index (χ1n) is 4.05. The molecule has 72 valence electrons. The standard InChI is InChI=1S/C9H13BrN2O/c1-3-12(13-2)9-5-4-7(11)6-8(9)10/h4-6H,3,11H2,1-2H3. The maximum atomic E-state index is 5.62. The lowest BCUT2D eigenvalue weighted by Crippen LogP contribution is -2.21. The first-order chi connectivity index (χ1) is 6.19. The lowest BCUT2D eigenvalue weighted by molar-refractivity contribution is 0.170. The Morgan fingerprint density at radius 3 is 2.69 bits per heavy atom. The van der Waals surface area contributed by atoms with Gasteiger partial charge in [0.1, 0.15) is 0 Å². The topological polar surface area (TPSA) is 38.5 Å². The second kappa shape index (κ2) is 4.48. The minimum Gasteiger partial charge on any atom is -0.399 e. The number of benzene rings is 1. The van der Waals surface area contributed by atoms with Crippen LogP contribution in [0.5, 0.6) is 0 Å². The zero-order valence-electron chi connectivity index (χ0n) is 7.75. The summed E-state index contributed by atoms with van der Waals surface area (Å²) in [4.78, 5) is 5.17. The number of hydrogen-bond acceptors (Lipinski definition) is 3. The van der Waals surface area contributed by atoms with Gasteiger partial charge in [0.15, 0.2) is 0 Å². The van der Waals surface area contributed by atoms with E-state index in [1.54, 1.807) is 12.2 Å². The SMILES string of the molecule is CCN(OC)c1ccc(N)cc1Br. The van der Waals surface area contributed by atoms with Gasteiger partial charge in [-0.3, -0.25) is 9.90 Å². The van der Waals surface area contributed by atoms with Crippen molar-refractivity contribution in [3.63, 3.8) is 0 Å². The van der Waals surface area contributed by atoms with Crippen LogP contribution in [0.2, 0.25) is 0 Å². The summed E-state index contributed by atoms with van der Waals surface area (Å²) in [6.45, 7) is 2.81. The van der Waals surface area contributed by atoms with E-state index in [-0.39, 0.29) is 0 Å². The van der Waals surface area contributed by atoms with Crippen molar-refractivity contribution in [1.29, 1.82) is 0 Å². The summed E-state index contributed by atoms with van der Waals surface area (Å²) < 4.78 is 0.941. The van der Waals surface area contributed by atoms with E-state index in [9.17, 15) is 0 Å². The molecule has 1 aromatic carbocycles. The molecule has 0 saturated heterocycles. The number of anilines is 2. The van der Waals surface area contributed by atoms with Crippen molar-refractivity contribution in [2.24, 2.45) is 0 Å². The smallest absolute Gasteiger partial charge is 0.0779 e. The number of nitrogen functional groups attached to an aromatic ring is 1. The van der Waals surface area contributed by atoms with Crippen LogP contribution >= 0.6 is 15.9 Å². The molecule has 0 amide bonds. The van der Waals surface area contributed by atoms with Gasteiger partial charge in [-0.25, -0.2) is 0 Å². The quantitative estimate of drug-likeness (QED) is 0.656. The van der Waals surface area contributed by atoms with Crippen LogP contribution in [-0.2, 0) is 4.84 Å². The Bertz CT molecular complexity index is 287. The molecule has 13 heavy (non-hydrogen) atoms. The van der Waals surface area contributed by atoms with E-state index in [4.69, 9.17) is 10.6 Å². The minimum absolute atomic E-state index is 0.739. The molecule has 0 heterocycles. The highest BCUT2D eigenvalue weighted by Gasteiger charge is 2.06. The Labute approximate surface area is 86.6 Å². The van der Waals surface area contributed by atoms with E-state index in [2.05, 4.69) is 15.9 Å². The van der Waals surface area contributed by atoms with Crippen LogP contribution in [0.3, 0.4) is 0 Å². The molecule has 0 aromatic heterocycles. The molecule has 3 nitrogen and oxygen atoms in total.